The summed E-state index contributed by atoms with van der Waals surface area (Å²) in [5.74, 6) is -0.467. The van der Waals surface area contributed by atoms with Gasteiger partial charge in [-0.25, -0.2) is 0 Å². The fourth-order valence-electron chi connectivity index (χ4n) is 2.45. The molecule has 0 saturated carbocycles. The molecule has 1 amide bonds. The zero-order valence-electron chi connectivity index (χ0n) is 9.94. The lowest BCUT2D eigenvalue weighted by Gasteiger charge is -2.43. The predicted molar refractivity (Wildman–Crippen MR) is 60.0 cm³/mol. The molecule has 0 aromatic carbocycles. The van der Waals surface area contributed by atoms with Crippen molar-refractivity contribution >= 4 is 5.91 Å². The number of ether oxygens (including phenoxy) is 2. The smallest absolute Gasteiger partial charge is 0.245 e. The monoisotopic (exact) mass is 244 g/mol. The fourth-order valence-corrected chi connectivity index (χ4v) is 2.45. The van der Waals surface area contributed by atoms with Crippen molar-refractivity contribution in [1.82, 2.24) is 5.48 Å². The predicted octanol–water partition coefficient (Wildman–Crippen LogP) is -0.279. The Bertz CT molecular complexity index is 261. The molecule has 2 aliphatic heterocycles. The third kappa shape index (κ3) is 3.64. The number of hydrogen-bond acceptors (Lipinski definition) is 5. The molecule has 1 atom stereocenters. The van der Waals surface area contributed by atoms with Crippen molar-refractivity contribution in [3.8, 4) is 0 Å². The Labute approximate surface area is 101 Å². The van der Waals surface area contributed by atoms with Gasteiger partial charge in [0.25, 0.3) is 0 Å². The maximum absolute atomic E-state index is 10.6. The highest BCUT2D eigenvalue weighted by Gasteiger charge is 2.39. The summed E-state index contributed by atoms with van der Waals surface area (Å²) < 4.78 is 11.2. The minimum absolute atomic E-state index is 0.0652. The highest BCUT2D eigenvalue weighted by atomic mass is 16.6. The van der Waals surface area contributed by atoms with Gasteiger partial charge in [0.1, 0.15) is 6.61 Å². The third-order valence-corrected chi connectivity index (χ3v) is 3.36. The molecule has 2 fully saturated rings. The summed E-state index contributed by atoms with van der Waals surface area (Å²) in [6.07, 6.45) is 3.65. The van der Waals surface area contributed by atoms with E-state index in [2.05, 4.69) is 5.48 Å². The first-order valence-electron chi connectivity index (χ1n) is 6.08. The molecule has 0 aromatic rings. The van der Waals surface area contributed by atoms with E-state index in [9.17, 15) is 4.79 Å². The Morgan fingerprint density at radius 1 is 1.41 bits per heavy atom. The van der Waals surface area contributed by atoms with Crippen molar-refractivity contribution in [2.24, 2.45) is 5.73 Å². The maximum atomic E-state index is 10.6. The Hall–Kier alpha value is -0.690. The average molecular weight is 244 g/mol. The van der Waals surface area contributed by atoms with Crippen LogP contribution in [0.1, 0.15) is 25.7 Å². The van der Waals surface area contributed by atoms with E-state index in [1.54, 1.807) is 0 Å². The van der Waals surface area contributed by atoms with Gasteiger partial charge in [0.2, 0.25) is 5.91 Å². The quantitative estimate of drug-likeness (QED) is 0.665. The summed E-state index contributed by atoms with van der Waals surface area (Å²) >= 11 is 0. The molecule has 0 aliphatic carbocycles. The zero-order valence-corrected chi connectivity index (χ0v) is 9.94. The molecule has 1 spiro atoms. The average Bonchev–Trinajstić information content (AvgIpc) is 2.29. The molecular formula is C11H20N2O4. The second-order valence-electron chi connectivity index (χ2n) is 4.71. The van der Waals surface area contributed by atoms with Gasteiger partial charge in [-0.05, 0) is 25.7 Å². The maximum Gasteiger partial charge on any atom is 0.245 e. The lowest BCUT2D eigenvalue weighted by atomic mass is 9.84. The molecule has 0 aromatic heterocycles. The van der Waals surface area contributed by atoms with E-state index in [0.717, 1.165) is 45.5 Å². The number of rotatable bonds is 4. The number of hydroxylamine groups is 1. The number of carbonyl (C=O) groups is 1. The minimum Gasteiger partial charge on any atom is -0.381 e. The summed E-state index contributed by atoms with van der Waals surface area (Å²) in [7, 11) is 0. The van der Waals surface area contributed by atoms with Crippen LogP contribution in [0.25, 0.3) is 0 Å². The van der Waals surface area contributed by atoms with Crippen LogP contribution in [0, 0.1) is 0 Å². The molecule has 1 unspecified atom stereocenters. The van der Waals surface area contributed by atoms with E-state index in [1.807, 2.05) is 0 Å². The van der Waals surface area contributed by atoms with Crippen molar-refractivity contribution < 1.29 is 19.1 Å². The molecule has 17 heavy (non-hydrogen) atoms. The normalized spacial score (nSPS) is 28.1. The number of nitrogens with one attached hydrogen (secondary N) is 1. The van der Waals surface area contributed by atoms with Crippen LogP contribution in [0.5, 0.6) is 0 Å². The molecule has 6 heteroatoms. The molecule has 2 rings (SSSR count). The van der Waals surface area contributed by atoms with E-state index in [0.29, 0.717) is 0 Å². The van der Waals surface area contributed by atoms with Crippen LogP contribution < -0.4 is 11.2 Å². The standard InChI is InChI=1S/C11H20N2O4/c12-10(14)8-17-13-9-1-4-16-11(7-9)2-5-15-6-3-11/h9,13H,1-8H2,(H2,12,14). The summed E-state index contributed by atoms with van der Waals surface area (Å²) in [5, 5.41) is 0. The van der Waals surface area contributed by atoms with E-state index < -0.39 is 5.91 Å². The van der Waals surface area contributed by atoms with Crippen molar-refractivity contribution in [1.29, 1.82) is 0 Å². The minimum atomic E-state index is -0.467. The number of carbonyl (C=O) groups excluding carboxylic acids is 1. The zero-order chi connectivity index (χ0) is 12.1. The van der Waals surface area contributed by atoms with Gasteiger partial charge in [0.05, 0.1) is 5.60 Å². The van der Waals surface area contributed by atoms with Gasteiger partial charge in [-0.2, -0.15) is 5.48 Å². The van der Waals surface area contributed by atoms with Gasteiger partial charge in [0, 0.05) is 25.9 Å². The Balaban J connectivity index is 1.77. The first-order valence-corrected chi connectivity index (χ1v) is 6.08. The van der Waals surface area contributed by atoms with Crippen molar-refractivity contribution in [3.63, 3.8) is 0 Å². The van der Waals surface area contributed by atoms with Crippen LogP contribution in [-0.2, 0) is 19.1 Å². The number of primary amides is 1. The van der Waals surface area contributed by atoms with Gasteiger partial charge in [-0.3, -0.25) is 9.63 Å². The number of hydrogen-bond donors (Lipinski definition) is 2. The molecule has 6 nitrogen and oxygen atoms in total. The molecule has 0 bridgehead atoms. The second-order valence-corrected chi connectivity index (χ2v) is 4.71. The van der Waals surface area contributed by atoms with E-state index in [-0.39, 0.29) is 18.2 Å². The van der Waals surface area contributed by atoms with E-state index in [1.165, 1.54) is 0 Å². The third-order valence-electron chi connectivity index (χ3n) is 3.36. The molecule has 2 aliphatic rings. The topological polar surface area (TPSA) is 82.8 Å². The van der Waals surface area contributed by atoms with Crippen LogP contribution >= 0.6 is 0 Å². The van der Waals surface area contributed by atoms with Crippen molar-refractivity contribution in [2.45, 2.75) is 37.3 Å². The van der Waals surface area contributed by atoms with Crippen LogP contribution in [0.15, 0.2) is 0 Å². The first-order chi connectivity index (χ1) is 8.20. The largest absolute Gasteiger partial charge is 0.381 e. The molecule has 2 heterocycles. The van der Waals surface area contributed by atoms with E-state index >= 15 is 0 Å². The van der Waals surface area contributed by atoms with Crippen molar-refractivity contribution in [2.75, 3.05) is 26.4 Å². The number of amides is 1. The highest BCUT2D eigenvalue weighted by Crippen LogP contribution is 2.34. The van der Waals surface area contributed by atoms with Gasteiger partial charge < -0.3 is 15.2 Å². The lowest BCUT2D eigenvalue weighted by Crippen LogP contribution is -2.50. The molecule has 98 valence electrons. The molecular weight excluding hydrogens is 224 g/mol. The summed E-state index contributed by atoms with van der Waals surface area (Å²) in [6.45, 7) is 2.15. The molecule has 0 radical (unpaired) electrons. The van der Waals surface area contributed by atoms with Gasteiger partial charge >= 0.3 is 0 Å². The molecule has 2 saturated heterocycles. The van der Waals surface area contributed by atoms with Gasteiger partial charge in [-0.1, -0.05) is 0 Å². The van der Waals surface area contributed by atoms with Crippen LogP contribution in [0.2, 0.25) is 0 Å². The van der Waals surface area contributed by atoms with Crippen LogP contribution in [0.3, 0.4) is 0 Å². The van der Waals surface area contributed by atoms with Gasteiger partial charge in [-0.15, -0.1) is 0 Å². The van der Waals surface area contributed by atoms with Crippen molar-refractivity contribution in [3.05, 3.63) is 0 Å². The summed E-state index contributed by atoms with van der Waals surface area (Å²) in [6, 6.07) is 0.223. The SMILES string of the molecule is NC(=O)CONC1CCOC2(CCOCC2)C1. The first kappa shape index (κ1) is 12.8. The molecule has 3 N–H and O–H groups in total. The Morgan fingerprint density at radius 3 is 2.88 bits per heavy atom. The summed E-state index contributed by atoms with van der Waals surface area (Å²) in [4.78, 5) is 15.6. The Kier molecular flexibility index (Phi) is 4.33. The highest BCUT2D eigenvalue weighted by molar-refractivity contribution is 5.74. The second kappa shape index (κ2) is 5.77. The summed E-state index contributed by atoms with van der Waals surface area (Å²) in [5.41, 5.74) is 7.84. The van der Waals surface area contributed by atoms with Crippen LogP contribution in [0.4, 0.5) is 0 Å². The van der Waals surface area contributed by atoms with Crippen LogP contribution in [-0.4, -0.2) is 44.0 Å². The Morgan fingerprint density at radius 2 is 2.18 bits per heavy atom. The van der Waals surface area contributed by atoms with Gasteiger partial charge in [0.15, 0.2) is 0 Å². The number of nitrogens with two attached hydrogens (primary N) is 1. The van der Waals surface area contributed by atoms with E-state index in [4.69, 9.17) is 20.0 Å². The lowest BCUT2D eigenvalue weighted by molar-refractivity contribution is -0.155. The fraction of sp³-hybridized carbons (Fsp3) is 0.909.